The van der Waals surface area contributed by atoms with Gasteiger partial charge in [0.15, 0.2) is 0 Å². The number of rotatable bonds is 6. The van der Waals surface area contributed by atoms with Crippen LogP contribution < -0.4 is 5.32 Å². The molecule has 3 aromatic carbocycles. The molecule has 0 radical (unpaired) electrons. The maximum absolute atomic E-state index is 12.8. The van der Waals surface area contributed by atoms with Gasteiger partial charge in [-0.25, -0.2) is 0 Å². The molecule has 4 nitrogen and oxygen atoms in total. The Kier molecular flexibility index (Phi) is 6.66. The molecule has 4 rings (SSSR count). The molecule has 0 bridgehead atoms. The number of nitrogens with one attached hydrogen (secondary N) is 1. The molecule has 1 N–H and O–H groups in total. The van der Waals surface area contributed by atoms with E-state index >= 15 is 0 Å². The van der Waals surface area contributed by atoms with Gasteiger partial charge in [-0.2, -0.15) is 0 Å². The minimum absolute atomic E-state index is 0.0331. The van der Waals surface area contributed by atoms with Crippen molar-refractivity contribution >= 4 is 23.6 Å². The van der Waals surface area contributed by atoms with Crippen LogP contribution in [0.1, 0.15) is 56.5 Å². The van der Waals surface area contributed by atoms with E-state index in [0.717, 1.165) is 16.7 Å². The number of hydrogen-bond acceptors (Lipinski definition) is 3. The fourth-order valence-corrected chi connectivity index (χ4v) is 5.07. The molecule has 1 saturated heterocycles. The molecule has 2 amide bonds. The fourth-order valence-electron chi connectivity index (χ4n) is 3.88. The second-order valence-corrected chi connectivity index (χ2v) is 9.40. The van der Waals surface area contributed by atoms with E-state index < -0.39 is 0 Å². The van der Waals surface area contributed by atoms with E-state index in [2.05, 4.69) is 37.4 Å². The molecule has 164 valence electrons. The van der Waals surface area contributed by atoms with E-state index in [4.69, 9.17) is 0 Å². The Morgan fingerprint density at radius 1 is 1.03 bits per heavy atom. The van der Waals surface area contributed by atoms with Crippen molar-refractivity contribution in [2.75, 3.05) is 5.75 Å². The van der Waals surface area contributed by atoms with Crippen molar-refractivity contribution in [3.63, 3.8) is 0 Å². The largest absolute Gasteiger partial charge is 0.346 e. The molecule has 1 aliphatic heterocycles. The van der Waals surface area contributed by atoms with E-state index in [1.807, 2.05) is 66.4 Å². The van der Waals surface area contributed by atoms with E-state index in [1.54, 1.807) is 11.8 Å². The summed E-state index contributed by atoms with van der Waals surface area (Å²) in [5.41, 5.74) is 6.33. The number of nitrogens with zero attached hydrogens (tertiary/aromatic N) is 1. The lowest BCUT2D eigenvalue weighted by Gasteiger charge is -2.24. The number of hydrogen-bond donors (Lipinski definition) is 1. The van der Waals surface area contributed by atoms with E-state index in [-0.39, 0.29) is 23.2 Å². The van der Waals surface area contributed by atoms with Gasteiger partial charge in [0.25, 0.3) is 5.91 Å². The Bertz CT molecular complexity index is 1110. The van der Waals surface area contributed by atoms with Crippen molar-refractivity contribution < 1.29 is 9.59 Å². The van der Waals surface area contributed by atoms with Gasteiger partial charge in [-0.1, -0.05) is 60.7 Å². The van der Waals surface area contributed by atoms with Gasteiger partial charge in [0.2, 0.25) is 5.91 Å². The third-order valence-corrected chi connectivity index (χ3v) is 7.26. The molecular weight excluding hydrogens is 416 g/mol. The summed E-state index contributed by atoms with van der Waals surface area (Å²) in [4.78, 5) is 27.2. The summed E-state index contributed by atoms with van der Waals surface area (Å²) in [5, 5.41) is 3.05. The van der Waals surface area contributed by atoms with Crippen LogP contribution in [0.3, 0.4) is 0 Å². The number of carbonyl (C=O) groups is 2. The first-order chi connectivity index (χ1) is 15.4. The summed E-state index contributed by atoms with van der Waals surface area (Å²) in [6.07, 6.45) is 0. The van der Waals surface area contributed by atoms with E-state index in [9.17, 15) is 9.59 Å². The summed E-state index contributed by atoms with van der Waals surface area (Å²) >= 11 is 1.63. The lowest BCUT2D eigenvalue weighted by molar-refractivity contribution is -0.128. The lowest BCUT2D eigenvalue weighted by atomic mass is 10.0. The molecule has 0 aromatic heterocycles. The van der Waals surface area contributed by atoms with Gasteiger partial charge in [-0.3, -0.25) is 9.59 Å². The van der Waals surface area contributed by atoms with Crippen molar-refractivity contribution in [1.82, 2.24) is 10.2 Å². The Labute approximate surface area is 194 Å². The molecule has 1 aliphatic rings. The molecule has 2 atom stereocenters. The van der Waals surface area contributed by atoms with Crippen LogP contribution in [0.15, 0.2) is 72.8 Å². The van der Waals surface area contributed by atoms with Crippen LogP contribution in [-0.2, 0) is 11.3 Å². The van der Waals surface area contributed by atoms with Gasteiger partial charge < -0.3 is 10.2 Å². The maximum atomic E-state index is 12.8. The van der Waals surface area contributed by atoms with Gasteiger partial charge in [0.1, 0.15) is 5.37 Å². The highest BCUT2D eigenvalue weighted by atomic mass is 32.2. The van der Waals surface area contributed by atoms with Crippen molar-refractivity contribution in [1.29, 1.82) is 0 Å². The maximum Gasteiger partial charge on any atom is 0.251 e. The van der Waals surface area contributed by atoms with E-state index in [0.29, 0.717) is 17.9 Å². The summed E-state index contributed by atoms with van der Waals surface area (Å²) < 4.78 is 0. The van der Waals surface area contributed by atoms with Crippen LogP contribution in [0.25, 0.3) is 0 Å². The van der Waals surface area contributed by atoms with Gasteiger partial charge in [-0.05, 0) is 60.7 Å². The molecule has 1 heterocycles. The molecule has 5 heteroatoms. The molecule has 32 heavy (non-hydrogen) atoms. The highest BCUT2D eigenvalue weighted by Gasteiger charge is 2.32. The summed E-state index contributed by atoms with van der Waals surface area (Å²) in [5.74, 6) is 0.527. The van der Waals surface area contributed by atoms with Crippen molar-refractivity contribution in [2.45, 2.75) is 38.7 Å². The van der Waals surface area contributed by atoms with Gasteiger partial charge in [0.05, 0.1) is 11.8 Å². The Morgan fingerprint density at radius 3 is 2.44 bits per heavy atom. The predicted octanol–water partition coefficient (Wildman–Crippen LogP) is 5.57. The van der Waals surface area contributed by atoms with Crippen molar-refractivity contribution in [3.05, 3.63) is 106 Å². The minimum Gasteiger partial charge on any atom is -0.346 e. The zero-order valence-corrected chi connectivity index (χ0v) is 19.5. The van der Waals surface area contributed by atoms with Crippen LogP contribution in [0.4, 0.5) is 0 Å². The average Bonchev–Trinajstić information content (AvgIpc) is 3.16. The van der Waals surface area contributed by atoms with Crippen LogP contribution >= 0.6 is 11.8 Å². The molecule has 1 fully saturated rings. The van der Waals surface area contributed by atoms with Crippen LogP contribution in [0, 0.1) is 13.8 Å². The zero-order chi connectivity index (χ0) is 22.7. The van der Waals surface area contributed by atoms with Gasteiger partial charge in [-0.15, -0.1) is 11.8 Å². The minimum atomic E-state index is -0.0985. The van der Waals surface area contributed by atoms with Crippen LogP contribution in [-0.4, -0.2) is 22.5 Å². The van der Waals surface area contributed by atoms with Gasteiger partial charge >= 0.3 is 0 Å². The fraction of sp³-hybridized carbons (Fsp3) is 0.259. The molecule has 0 spiro atoms. The van der Waals surface area contributed by atoms with Gasteiger partial charge in [0, 0.05) is 12.1 Å². The highest BCUT2D eigenvalue weighted by molar-refractivity contribution is 8.00. The Hall–Kier alpha value is -3.05. The SMILES string of the molecule is Cc1ccc([C@@H](C)NC(=O)c2ccc([C@H]3SCC(=O)N3Cc3ccccc3)cc2)cc1C. The predicted molar refractivity (Wildman–Crippen MR) is 130 cm³/mol. The monoisotopic (exact) mass is 444 g/mol. The number of aryl methyl sites for hydroxylation is 2. The summed E-state index contributed by atoms with van der Waals surface area (Å²) in [6.45, 7) is 6.76. The molecule has 0 saturated carbocycles. The highest BCUT2D eigenvalue weighted by Crippen LogP contribution is 2.39. The third-order valence-electron chi connectivity index (χ3n) is 6.00. The normalized spacial score (nSPS) is 16.8. The Balaban J connectivity index is 1.44. The quantitative estimate of drug-likeness (QED) is 0.541. The molecule has 0 aliphatic carbocycles. The van der Waals surface area contributed by atoms with Crippen molar-refractivity contribution in [3.8, 4) is 0 Å². The average molecular weight is 445 g/mol. The zero-order valence-electron chi connectivity index (χ0n) is 18.7. The number of thioether (sulfide) groups is 1. The third kappa shape index (κ3) is 4.89. The molecule has 3 aromatic rings. The smallest absolute Gasteiger partial charge is 0.251 e. The summed E-state index contributed by atoms with van der Waals surface area (Å²) in [7, 11) is 0. The Morgan fingerprint density at radius 2 is 1.75 bits per heavy atom. The van der Waals surface area contributed by atoms with E-state index in [1.165, 1.54) is 11.1 Å². The second kappa shape index (κ2) is 9.61. The van der Waals surface area contributed by atoms with Crippen molar-refractivity contribution in [2.24, 2.45) is 0 Å². The molecule has 0 unspecified atom stereocenters. The first-order valence-corrected chi connectivity index (χ1v) is 11.9. The molecular formula is C27H28N2O2S. The topological polar surface area (TPSA) is 49.4 Å². The first kappa shape index (κ1) is 22.2. The summed E-state index contributed by atoms with van der Waals surface area (Å²) in [6, 6.07) is 23.9. The van der Waals surface area contributed by atoms with Crippen LogP contribution in [0.5, 0.6) is 0 Å². The first-order valence-electron chi connectivity index (χ1n) is 10.9. The second-order valence-electron chi connectivity index (χ2n) is 8.33. The lowest BCUT2D eigenvalue weighted by Crippen LogP contribution is -2.28. The number of carbonyl (C=O) groups excluding carboxylic acids is 2. The van der Waals surface area contributed by atoms with Crippen LogP contribution in [0.2, 0.25) is 0 Å². The number of benzene rings is 3. The standard InChI is InChI=1S/C27H28N2O2S/c1-18-9-10-24(15-19(18)2)20(3)28-26(31)22-11-13-23(14-12-22)27-29(25(30)17-32-27)16-21-7-5-4-6-8-21/h4-15,20,27H,16-17H2,1-3H3,(H,28,31)/t20-,27-/m1/s1. The number of amides is 2.